The van der Waals surface area contributed by atoms with Gasteiger partial charge in [0.1, 0.15) is 6.54 Å². The van der Waals surface area contributed by atoms with Crippen LogP contribution >= 0.6 is 23.2 Å². The minimum Gasteiger partial charge on any atom is -0.354 e. The highest BCUT2D eigenvalue weighted by Gasteiger charge is 2.23. The number of carbonyl (C=O) groups excluding carboxylic acids is 1. The molecular formula is C20H24Cl2N2O3S. The van der Waals surface area contributed by atoms with Crippen LogP contribution in [0.1, 0.15) is 18.9 Å². The van der Waals surface area contributed by atoms with Gasteiger partial charge in [0.05, 0.1) is 17.0 Å². The Kier molecular flexibility index (Phi) is 8.16. The van der Waals surface area contributed by atoms with Gasteiger partial charge in [-0.15, -0.1) is 0 Å². The molecule has 0 heterocycles. The predicted octanol–water partition coefficient (Wildman–Crippen LogP) is 4.14. The van der Waals surface area contributed by atoms with Crippen molar-refractivity contribution in [2.75, 3.05) is 23.7 Å². The van der Waals surface area contributed by atoms with Gasteiger partial charge in [-0.3, -0.25) is 9.10 Å². The Labute approximate surface area is 176 Å². The summed E-state index contributed by atoms with van der Waals surface area (Å²) in [6, 6.07) is 14.5. The second-order valence-electron chi connectivity index (χ2n) is 6.63. The number of halogens is 2. The van der Waals surface area contributed by atoms with E-state index in [2.05, 4.69) is 24.4 Å². The highest BCUT2D eigenvalue weighted by atomic mass is 35.5. The summed E-state index contributed by atoms with van der Waals surface area (Å²) < 4.78 is 25.4. The molecule has 0 aliphatic carbocycles. The molecule has 1 atom stereocenters. The summed E-state index contributed by atoms with van der Waals surface area (Å²) in [5, 5.41) is 3.40. The topological polar surface area (TPSA) is 66.5 Å². The molecule has 152 valence electrons. The molecule has 8 heteroatoms. The predicted molar refractivity (Wildman–Crippen MR) is 116 cm³/mol. The molecule has 2 aromatic carbocycles. The van der Waals surface area contributed by atoms with Crippen LogP contribution in [-0.2, 0) is 21.2 Å². The first-order valence-corrected chi connectivity index (χ1v) is 11.5. The minimum atomic E-state index is -3.70. The van der Waals surface area contributed by atoms with E-state index < -0.39 is 10.0 Å². The van der Waals surface area contributed by atoms with Crippen molar-refractivity contribution in [1.82, 2.24) is 5.32 Å². The van der Waals surface area contributed by atoms with Gasteiger partial charge in [-0.25, -0.2) is 8.42 Å². The SMILES string of the molecule is CCC(CNC(=O)CN(c1ccc(Cl)cc1Cl)S(C)(=O)=O)Cc1ccccc1. The van der Waals surface area contributed by atoms with Crippen LogP contribution in [0, 0.1) is 5.92 Å². The van der Waals surface area contributed by atoms with E-state index in [1.54, 1.807) is 0 Å². The average Bonchev–Trinajstić information content (AvgIpc) is 2.63. The number of amides is 1. The van der Waals surface area contributed by atoms with Gasteiger partial charge in [0.25, 0.3) is 0 Å². The van der Waals surface area contributed by atoms with Crippen molar-refractivity contribution in [3.63, 3.8) is 0 Å². The van der Waals surface area contributed by atoms with Crippen molar-refractivity contribution >= 4 is 44.8 Å². The summed E-state index contributed by atoms with van der Waals surface area (Å²) in [4.78, 5) is 12.4. The Bertz CT molecular complexity index is 905. The summed E-state index contributed by atoms with van der Waals surface area (Å²) in [6.45, 7) is 2.19. The lowest BCUT2D eigenvalue weighted by atomic mass is 9.97. The van der Waals surface area contributed by atoms with Crippen LogP contribution < -0.4 is 9.62 Å². The molecule has 1 unspecified atom stereocenters. The smallest absolute Gasteiger partial charge is 0.240 e. The van der Waals surface area contributed by atoms with Crippen molar-refractivity contribution < 1.29 is 13.2 Å². The van der Waals surface area contributed by atoms with Crippen molar-refractivity contribution in [3.05, 3.63) is 64.1 Å². The number of hydrogen-bond acceptors (Lipinski definition) is 3. The van der Waals surface area contributed by atoms with Gasteiger partial charge in [0, 0.05) is 11.6 Å². The molecule has 0 saturated heterocycles. The maximum Gasteiger partial charge on any atom is 0.240 e. The zero-order valence-electron chi connectivity index (χ0n) is 15.9. The summed E-state index contributed by atoms with van der Waals surface area (Å²) in [5.41, 5.74) is 1.43. The average molecular weight is 443 g/mol. The maximum absolute atomic E-state index is 12.4. The van der Waals surface area contributed by atoms with Crippen LogP contribution in [0.3, 0.4) is 0 Å². The molecule has 0 saturated carbocycles. The zero-order valence-corrected chi connectivity index (χ0v) is 18.2. The molecule has 2 aromatic rings. The first-order chi connectivity index (χ1) is 13.2. The van der Waals surface area contributed by atoms with Crippen LogP contribution in [0.5, 0.6) is 0 Å². The van der Waals surface area contributed by atoms with E-state index in [0.717, 1.165) is 23.4 Å². The molecular weight excluding hydrogens is 419 g/mol. The van der Waals surface area contributed by atoms with Crippen molar-refractivity contribution in [3.8, 4) is 0 Å². The second kappa shape index (κ2) is 10.1. The first-order valence-electron chi connectivity index (χ1n) is 8.94. The highest BCUT2D eigenvalue weighted by molar-refractivity contribution is 7.92. The first kappa shape index (κ1) is 22.5. The lowest BCUT2D eigenvalue weighted by Crippen LogP contribution is -2.42. The number of rotatable bonds is 9. The summed E-state index contributed by atoms with van der Waals surface area (Å²) in [5.74, 6) is -0.125. The largest absolute Gasteiger partial charge is 0.354 e. The number of sulfonamides is 1. The van der Waals surface area contributed by atoms with E-state index in [9.17, 15) is 13.2 Å². The van der Waals surface area contributed by atoms with Gasteiger partial charge in [0.15, 0.2) is 0 Å². The minimum absolute atomic E-state index is 0.168. The summed E-state index contributed by atoms with van der Waals surface area (Å²) in [7, 11) is -3.70. The Morgan fingerprint density at radius 2 is 1.82 bits per heavy atom. The molecule has 0 aliphatic rings. The molecule has 0 bridgehead atoms. The molecule has 1 amide bonds. The van der Waals surface area contributed by atoms with Gasteiger partial charge in [-0.05, 0) is 36.1 Å². The molecule has 1 N–H and O–H groups in total. The van der Waals surface area contributed by atoms with E-state index in [0.29, 0.717) is 11.6 Å². The molecule has 28 heavy (non-hydrogen) atoms. The Morgan fingerprint density at radius 1 is 1.14 bits per heavy atom. The third kappa shape index (κ3) is 6.69. The standard InChI is InChI=1S/C20H24Cl2N2O3S/c1-3-15(11-16-7-5-4-6-8-16)13-23-20(25)14-24(28(2,26)27)19-10-9-17(21)12-18(19)22/h4-10,12,15H,3,11,13-14H2,1-2H3,(H,23,25). The van der Waals surface area contributed by atoms with E-state index >= 15 is 0 Å². The van der Waals surface area contributed by atoms with Crippen LogP contribution in [0.2, 0.25) is 10.0 Å². The maximum atomic E-state index is 12.4. The molecule has 0 aromatic heterocycles. The van der Waals surface area contributed by atoms with Gasteiger partial charge in [-0.1, -0.05) is 66.9 Å². The van der Waals surface area contributed by atoms with E-state index in [1.165, 1.54) is 23.8 Å². The van der Waals surface area contributed by atoms with E-state index in [1.807, 2.05) is 18.2 Å². The van der Waals surface area contributed by atoms with Crippen LogP contribution in [-0.4, -0.2) is 33.7 Å². The molecule has 0 spiro atoms. The van der Waals surface area contributed by atoms with E-state index in [4.69, 9.17) is 23.2 Å². The van der Waals surface area contributed by atoms with Gasteiger partial charge < -0.3 is 5.32 Å². The third-order valence-corrected chi connectivity index (χ3v) is 6.06. The lowest BCUT2D eigenvalue weighted by molar-refractivity contribution is -0.119. The second-order valence-corrected chi connectivity index (χ2v) is 9.38. The molecule has 5 nitrogen and oxygen atoms in total. The van der Waals surface area contributed by atoms with Crippen LogP contribution in [0.4, 0.5) is 5.69 Å². The fourth-order valence-electron chi connectivity index (χ4n) is 2.82. The fraction of sp³-hybridized carbons (Fsp3) is 0.350. The number of benzene rings is 2. The summed E-state index contributed by atoms with van der Waals surface area (Å²) in [6.07, 6.45) is 2.78. The van der Waals surface area contributed by atoms with E-state index in [-0.39, 0.29) is 29.1 Å². The zero-order chi connectivity index (χ0) is 20.7. The van der Waals surface area contributed by atoms with Gasteiger partial charge in [0.2, 0.25) is 15.9 Å². The van der Waals surface area contributed by atoms with Crippen LogP contribution in [0.15, 0.2) is 48.5 Å². The van der Waals surface area contributed by atoms with Gasteiger partial charge >= 0.3 is 0 Å². The number of nitrogens with one attached hydrogen (secondary N) is 1. The highest BCUT2D eigenvalue weighted by Crippen LogP contribution is 2.30. The fourth-order valence-corrected chi connectivity index (χ4v) is 4.25. The Morgan fingerprint density at radius 3 is 2.39 bits per heavy atom. The quantitative estimate of drug-likeness (QED) is 0.634. The number of anilines is 1. The Hall–Kier alpha value is -1.76. The molecule has 2 rings (SSSR count). The lowest BCUT2D eigenvalue weighted by Gasteiger charge is -2.24. The molecule has 0 aliphatic heterocycles. The number of carbonyl (C=O) groups is 1. The van der Waals surface area contributed by atoms with Crippen molar-refractivity contribution in [2.24, 2.45) is 5.92 Å². The summed E-state index contributed by atoms with van der Waals surface area (Å²) >= 11 is 12.0. The Balaban J connectivity index is 2.03. The molecule has 0 radical (unpaired) electrons. The van der Waals surface area contributed by atoms with Crippen LogP contribution in [0.25, 0.3) is 0 Å². The monoisotopic (exact) mass is 442 g/mol. The van der Waals surface area contributed by atoms with Crippen molar-refractivity contribution in [1.29, 1.82) is 0 Å². The normalized spacial score (nSPS) is 12.4. The third-order valence-electron chi connectivity index (χ3n) is 4.40. The van der Waals surface area contributed by atoms with Crippen molar-refractivity contribution in [2.45, 2.75) is 19.8 Å². The number of nitrogens with zero attached hydrogens (tertiary/aromatic N) is 1. The van der Waals surface area contributed by atoms with Gasteiger partial charge in [-0.2, -0.15) is 0 Å². The molecule has 0 fully saturated rings. The number of hydrogen-bond donors (Lipinski definition) is 1.